The van der Waals surface area contributed by atoms with Gasteiger partial charge >= 0.3 is 5.97 Å². The predicted molar refractivity (Wildman–Crippen MR) is 145 cm³/mol. The summed E-state index contributed by atoms with van der Waals surface area (Å²) < 4.78 is 11.2. The third-order valence-corrected chi connectivity index (χ3v) is 6.90. The third-order valence-electron chi connectivity index (χ3n) is 6.90. The van der Waals surface area contributed by atoms with Gasteiger partial charge in [-0.15, -0.1) is 0 Å². The summed E-state index contributed by atoms with van der Waals surface area (Å²) in [5, 5.41) is 2.24. The summed E-state index contributed by atoms with van der Waals surface area (Å²) in [6, 6.07) is 12.7. The molecule has 0 amide bonds. The molecule has 0 bridgehead atoms. The van der Waals surface area contributed by atoms with Crippen LogP contribution >= 0.6 is 0 Å². The number of hydrogen-bond donors (Lipinski definition) is 0. The maximum Gasteiger partial charge on any atom is 0.332 e. The first-order valence-electron chi connectivity index (χ1n) is 13.0. The highest BCUT2D eigenvalue weighted by Crippen LogP contribution is 2.44. The van der Waals surface area contributed by atoms with Crippen molar-refractivity contribution in [3.05, 3.63) is 65.3 Å². The van der Waals surface area contributed by atoms with E-state index in [-0.39, 0.29) is 18.1 Å². The number of piperidine rings is 1. The van der Waals surface area contributed by atoms with Gasteiger partial charge in [0.05, 0.1) is 13.2 Å². The Labute approximate surface area is 211 Å². The molecule has 1 fully saturated rings. The van der Waals surface area contributed by atoms with Crippen LogP contribution in [-0.2, 0) is 9.53 Å². The van der Waals surface area contributed by atoms with Gasteiger partial charge in [0.1, 0.15) is 5.75 Å². The molecule has 0 saturated carbocycles. The van der Waals surface area contributed by atoms with Gasteiger partial charge in [-0.2, -0.15) is 0 Å². The molecular weight excluding hydrogens is 434 g/mol. The molecule has 2 aromatic carbocycles. The summed E-state index contributed by atoms with van der Waals surface area (Å²) in [5.41, 5.74) is 2.14. The van der Waals surface area contributed by atoms with Gasteiger partial charge in [0.15, 0.2) is 5.60 Å². The van der Waals surface area contributed by atoms with Gasteiger partial charge in [0, 0.05) is 28.8 Å². The van der Waals surface area contributed by atoms with Gasteiger partial charge in [-0.05, 0) is 68.3 Å². The Balaban J connectivity index is 0.000000815. The molecule has 0 aromatic heterocycles. The number of fused-ring (bicyclic) bond motifs is 4. The van der Waals surface area contributed by atoms with Crippen LogP contribution in [0.2, 0.25) is 0 Å². The van der Waals surface area contributed by atoms with Crippen molar-refractivity contribution in [1.82, 2.24) is 4.90 Å². The minimum Gasteiger partial charge on any atom is -0.497 e. The molecule has 35 heavy (non-hydrogen) atoms. The lowest BCUT2D eigenvalue weighted by atomic mass is 9.81. The van der Waals surface area contributed by atoms with Crippen LogP contribution < -0.4 is 4.74 Å². The lowest BCUT2D eigenvalue weighted by Crippen LogP contribution is -2.55. The van der Waals surface area contributed by atoms with Crippen molar-refractivity contribution in [2.24, 2.45) is 0 Å². The Hall–Kier alpha value is -3.03. The molecule has 0 N–H and O–H groups in total. The van der Waals surface area contributed by atoms with Crippen molar-refractivity contribution in [3.8, 4) is 17.6 Å². The molecule has 0 spiro atoms. The second-order valence-corrected chi connectivity index (χ2v) is 8.83. The Bertz CT molecular complexity index is 1180. The molecule has 3 aliphatic rings. The van der Waals surface area contributed by atoms with E-state index < -0.39 is 5.60 Å². The molecule has 2 aromatic rings. The topological polar surface area (TPSA) is 38.8 Å². The largest absolute Gasteiger partial charge is 0.497 e. The van der Waals surface area contributed by atoms with E-state index in [4.69, 9.17) is 9.47 Å². The molecule has 4 nitrogen and oxygen atoms in total. The van der Waals surface area contributed by atoms with E-state index >= 15 is 0 Å². The molecule has 4 heteroatoms. The second-order valence-electron chi connectivity index (χ2n) is 8.83. The van der Waals surface area contributed by atoms with Crippen LogP contribution in [0, 0.1) is 11.8 Å². The zero-order chi connectivity index (χ0) is 25.6. The van der Waals surface area contributed by atoms with Crippen molar-refractivity contribution in [2.45, 2.75) is 78.5 Å². The van der Waals surface area contributed by atoms with E-state index in [2.05, 4.69) is 48.8 Å². The summed E-state index contributed by atoms with van der Waals surface area (Å²) in [4.78, 5) is 14.8. The van der Waals surface area contributed by atoms with E-state index in [0.29, 0.717) is 0 Å². The molecule has 186 valence electrons. The van der Waals surface area contributed by atoms with E-state index in [0.717, 1.165) is 52.6 Å². The van der Waals surface area contributed by atoms with Gasteiger partial charge in [-0.3, -0.25) is 4.90 Å². The van der Waals surface area contributed by atoms with E-state index in [1.807, 2.05) is 52.0 Å². The molecule has 3 atom stereocenters. The van der Waals surface area contributed by atoms with Crippen molar-refractivity contribution in [2.75, 3.05) is 13.7 Å². The summed E-state index contributed by atoms with van der Waals surface area (Å²) in [6.07, 6.45) is 7.24. The second kappa shape index (κ2) is 11.6. The average Bonchev–Trinajstić information content (AvgIpc) is 3.19. The Morgan fingerprint density at radius 2 is 1.74 bits per heavy atom. The smallest absolute Gasteiger partial charge is 0.332 e. The number of carbonyl (C=O) groups excluding carboxylic acids is 1. The van der Waals surface area contributed by atoms with Crippen LogP contribution in [0.1, 0.15) is 66.4 Å². The standard InChI is InChI=1S/C27H27NO3.2C2H6/c1-18-14-22(10-8-19-7-9-21-16-23(30-3)12-11-20(21)15-19)24-17-26(29)31-27(24,2)25-6-4-5-13-28(18)25;2*1-2/h7,9,11-12,14-18,25H,4-6,13H2,1-3H3;2*1-2H3/t18-,25?,27-;;/m0../s1. The van der Waals surface area contributed by atoms with Crippen LogP contribution in [0.3, 0.4) is 0 Å². The number of ether oxygens (including phenoxy) is 2. The molecular formula is C31H39NO3. The zero-order valence-corrected chi connectivity index (χ0v) is 22.3. The number of nitrogens with zero attached hydrogens (tertiary/aromatic N) is 1. The average molecular weight is 474 g/mol. The molecule has 1 saturated heterocycles. The molecule has 3 aliphatic heterocycles. The Morgan fingerprint density at radius 1 is 1.03 bits per heavy atom. The molecule has 1 unspecified atom stereocenters. The van der Waals surface area contributed by atoms with Gasteiger partial charge < -0.3 is 9.47 Å². The maximum atomic E-state index is 12.3. The van der Waals surface area contributed by atoms with Crippen LogP contribution in [0.25, 0.3) is 10.8 Å². The van der Waals surface area contributed by atoms with Crippen LogP contribution in [-0.4, -0.2) is 42.2 Å². The number of carbonyl (C=O) groups is 1. The summed E-state index contributed by atoms with van der Waals surface area (Å²) in [5.74, 6) is 7.30. The number of hydrogen-bond acceptors (Lipinski definition) is 4. The first-order chi connectivity index (χ1) is 17.0. The van der Waals surface area contributed by atoms with Crippen LogP contribution in [0.4, 0.5) is 0 Å². The number of benzene rings is 2. The number of esters is 1. The summed E-state index contributed by atoms with van der Waals surface area (Å²) in [6.45, 7) is 13.3. The highest BCUT2D eigenvalue weighted by molar-refractivity contribution is 5.89. The fourth-order valence-corrected chi connectivity index (χ4v) is 5.28. The van der Waals surface area contributed by atoms with E-state index in [1.165, 1.54) is 6.42 Å². The fourth-order valence-electron chi connectivity index (χ4n) is 5.28. The fraction of sp³-hybridized carbons (Fsp3) is 0.452. The number of methoxy groups -OCH3 is 1. The first-order valence-corrected chi connectivity index (χ1v) is 13.0. The lowest BCUT2D eigenvalue weighted by Gasteiger charge is -2.45. The highest BCUT2D eigenvalue weighted by atomic mass is 16.6. The summed E-state index contributed by atoms with van der Waals surface area (Å²) >= 11 is 0. The van der Waals surface area contributed by atoms with E-state index in [1.54, 1.807) is 13.2 Å². The normalized spacial score (nSPS) is 24.9. The predicted octanol–water partition coefficient (Wildman–Crippen LogP) is 6.68. The minimum absolute atomic E-state index is 0.195. The number of rotatable bonds is 1. The highest BCUT2D eigenvalue weighted by Gasteiger charge is 2.51. The molecule has 0 radical (unpaired) electrons. The Kier molecular flexibility index (Phi) is 8.81. The van der Waals surface area contributed by atoms with E-state index in [9.17, 15) is 4.79 Å². The van der Waals surface area contributed by atoms with Crippen molar-refractivity contribution >= 4 is 16.7 Å². The monoisotopic (exact) mass is 473 g/mol. The third kappa shape index (κ3) is 5.31. The Morgan fingerprint density at radius 3 is 2.49 bits per heavy atom. The quantitative estimate of drug-likeness (QED) is 0.342. The van der Waals surface area contributed by atoms with Crippen molar-refractivity contribution in [3.63, 3.8) is 0 Å². The molecule has 5 rings (SSSR count). The summed E-state index contributed by atoms with van der Waals surface area (Å²) in [7, 11) is 1.68. The first kappa shape index (κ1) is 26.6. The van der Waals surface area contributed by atoms with Crippen molar-refractivity contribution in [1.29, 1.82) is 0 Å². The van der Waals surface area contributed by atoms with Crippen LogP contribution in [0.15, 0.2) is 59.7 Å². The van der Waals surface area contributed by atoms with Gasteiger partial charge in [0.25, 0.3) is 0 Å². The van der Waals surface area contributed by atoms with Crippen molar-refractivity contribution < 1.29 is 14.3 Å². The SMILES string of the molecule is CC.CC.COc1ccc2cc(C#CC3=C[C@H](C)N4CCCCC4[C@@]4(C)OC(=O)C=C34)ccc2c1. The molecule has 0 aliphatic carbocycles. The maximum absolute atomic E-state index is 12.3. The minimum atomic E-state index is -0.636. The zero-order valence-electron chi connectivity index (χ0n) is 22.3. The van der Waals surface area contributed by atoms with Gasteiger partial charge in [-0.1, -0.05) is 64.2 Å². The van der Waals surface area contributed by atoms with Gasteiger partial charge in [0.2, 0.25) is 0 Å². The van der Waals surface area contributed by atoms with Gasteiger partial charge in [-0.25, -0.2) is 4.79 Å². The lowest BCUT2D eigenvalue weighted by molar-refractivity contribution is -0.151. The molecule has 3 heterocycles. The van der Waals surface area contributed by atoms with Crippen LogP contribution in [0.5, 0.6) is 5.75 Å².